The van der Waals surface area contributed by atoms with Gasteiger partial charge in [0, 0.05) is 18.3 Å². The number of hydrogen-bond donors (Lipinski definition) is 2. The van der Waals surface area contributed by atoms with E-state index in [-0.39, 0.29) is 10.6 Å². The lowest BCUT2D eigenvalue weighted by Crippen LogP contribution is -2.33. The molecule has 0 aliphatic carbocycles. The van der Waals surface area contributed by atoms with E-state index in [0.717, 1.165) is 31.6 Å². The molecule has 0 radical (unpaired) electrons. The van der Waals surface area contributed by atoms with Gasteiger partial charge in [-0.15, -0.1) is 0 Å². The van der Waals surface area contributed by atoms with Crippen molar-refractivity contribution in [2.24, 2.45) is 0 Å². The SMILES string of the molecule is O=[N+]([O-])c1ccc(NCCOC2CCNCC2)cc1I. The van der Waals surface area contributed by atoms with Crippen molar-refractivity contribution < 1.29 is 9.66 Å². The van der Waals surface area contributed by atoms with Crippen molar-refractivity contribution in [3.05, 3.63) is 31.9 Å². The van der Waals surface area contributed by atoms with Gasteiger partial charge in [0.2, 0.25) is 0 Å². The van der Waals surface area contributed by atoms with Crippen LogP contribution >= 0.6 is 22.6 Å². The molecule has 0 spiro atoms. The number of nitro groups is 1. The number of ether oxygens (including phenoxy) is 1. The van der Waals surface area contributed by atoms with E-state index in [1.54, 1.807) is 12.1 Å². The first-order chi connectivity index (χ1) is 9.66. The van der Waals surface area contributed by atoms with Crippen molar-refractivity contribution in [1.29, 1.82) is 0 Å². The van der Waals surface area contributed by atoms with Gasteiger partial charge in [0.1, 0.15) is 0 Å². The van der Waals surface area contributed by atoms with Crippen molar-refractivity contribution in [3.8, 4) is 0 Å². The average Bonchev–Trinajstić information content (AvgIpc) is 2.44. The van der Waals surface area contributed by atoms with E-state index in [4.69, 9.17) is 4.74 Å². The number of nitrogens with one attached hydrogen (secondary N) is 2. The molecule has 1 aliphatic rings. The summed E-state index contributed by atoms with van der Waals surface area (Å²) in [5.41, 5.74) is 1.02. The lowest BCUT2D eigenvalue weighted by Gasteiger charge is -2.23. The molecule has 0 atom stereocenters. The van der Waals surface area contributed by atoms with Crippen LogP contribution in [0.25, 0.3) is 0 Å². The molecule has 7 heteroatoms. The summed E-state index contributed by atoms with van der Waals surface area (Å²) >= 11 is 1.98. The second-order valence-corrected chi connectivity index (χ2v) is 5.83. The summed E-state index contributed by atoms with van der Waals surface area (Å²) in [5.74, 6) is 0. The van der Waals surface area contributed by atoms with Crippen LogP contribution in [-0.2, 0) is 4.74 Å². The molecule has 2 N–H and O–H groups in total. The van der Waals surface area contributed by atoms with Crippen molar-refractivity contribution in [3.63, 3.8) is 0 Å². The third-order valence-electron chi connectivity index (χ3n) is 3.22. The van der Waals surface area contributed by atoms with Crippen LogP contribution in [0.1, 0.15) is 12.8 Å². The molecule has 1 aliphatic heterocycles. The Balaban J connectivity index is 1.73. The minimum atomic E-state index is -0.369. The Morgan fingerprint density at radius 1 is 1.45 bits per heavy atom. The largest absolute Gasteiger partial charge is 0.383 e. The highest BCUT2D eigenvalue weighted by Crippen LogP contribution is 2.23. The van der Waals surface area contributed by atoms with E-state index in [9.17, 15) is 10.1 Å². The summed E-state index contributed by atoms with van der Waals surface area (Å²) in [7, 11) is 0. The van der Waals surface area contributed by atoms with E-state index >= 15 is 0 Å². The maximum atomic E-state index is 10.7. The number of halogens is 1. The van der Waals surface area contributed by atoms with E-state index < -0.39 is 0 Å². The third kappa shape index (κ3) is 4.57. The Labute approximate surface area is 131 Å². The third-order valence-corrected chi connectivity index (χ3v) is 4.08. The second kappa shape index (κ2) is 7.75. The fraction of sp³-hybridized carbons (Fsp3) is 0.538. The zero-order chi connectivity index (χ0) is 14.4. The molecular weight excluding hydrogens is 373 g/mol. The van der Waals surface area contributed by atoms with E-state index in [0.29, 0.717) is 22.8 Å². The monoisotopic (exact) mass is 391 g/mol. The van der Waals surface area contributed by atoms with Crippen LogP contribution in [-0.4, -0.2) is 37.3 Å². The summed E-state index contributed by atoms with van der Waals surface area (Å²) in [6, 6.07) is 5.03. The van der Waals surface area contributed by atoms with Gasteiger partial charge in [0.25, 0.3) is 5.69 Å². The Kier molecular flexibility index (Phi) is 5.99. The highest BCUT2D eigenvalue weighted by molar-refractivity contribution is 14.1. The van der Waals surface area contributed by atoms with Gasteiger partial charge in [-0.3, -0.25) is 10.1 Å². The van der Waals surface area contributed by atoms with Gasteiger partial charge in [0.05, 0.1) is 21.2 Å². The summed E-state index contributed by atoms with van der Waals surface area (Å²) in [6.45, 7) is 3.41. The molecular formula is C13H18IN3O3. The molecule has 2 rings (SSSR count). The number of anilines is 1. The van der Waals surface area contributed by atoms with Gasteiger partial charge in [-0.2, -0.15) is 0 Å². The zero-order valence-corrected chi connectivity index (χ0v) is 13.3. The predicted molar refractivity (Wildman–Crippen MR) is 86.1 cm³/mol. The summed E-state index contributed by atoms with van der Waals surface area (Å²) < 4.78 is 6.42. The zero-order valence-electron chi connectivity index (χ0n) is 11.1. The molecule has 0 unspecified atom stereocenters. The van der Waals surface area contributed by atoms with Crippen LogP contribution < -0.4 is 10.6 Å². The Hall–Kier alpha value is -0.930. The van der Waals surface area contributed by atoms with Gasteiger partial charge >= 0.3 is 0 Å². The number of hydrogen-bond acceptors (Lipinski definition) is 5. The molecule has 0 bridgehead atoms. The highest BCUT2D eigenvalue weighted by atomic mass is 127. The van der Waals surface area contributed by atoms with Crippen LogP contribution in [0.2, 0.25) is 0 Å². The lowest BCUT2D eigenvalue weighted by atomic mass is 10.1. The summed E-state index contributed by atoms with van der Waals surface area (Å²) in [5, 5.41) is 17.2. The first-order valence-corrected chi connectivity index (χ1v) is 7.75. The van der Waals surface area contributed by atoms with Crippen molar-refractivity contribution in [2.75, 3.05) is 31.6 Å². The second-order valence-electron chi connectivity index (χ2n) is 4.67. The quantitative estimate of drug-likeness (QED) is 0.337. The van der Waals surface area contributed by atoms with Gasteiger partial charge in [0.15, 0.2) is 0 Å². The van der Waals surface area contributed by atoms with Crippen molar-refractivity contribution in [1.82, 2.24) is 5.32 Å². The van der Waals surface area contributed by atoms with Crippen molar-refractivity contribution >= 4 is 34.0 Å². The molecule has 6 nitrogen and oxygen atoms in total. The fourth-order valence-corrected chi connectivity index (χ4v) is 2.86. The Bertz CT molecular complexity index is 464. The maximum Gasteiger partial charge on any atom is 0.282 e. The molecule has 1 fully saturated rings. The fourth-order valence-electron chi connectivity index (χ4n) is 2.15. The molecule has 20 heavy (non-hydrogen) atoms. The van der Waals surface area contributed by atoms with Gasteiger partial charge in [-0.1, -0.05) is 0 Å². The van der Waals surface area contributed by atoms with Crippen LogP contribution in [0.3, 0.4) is 0 Å². The minimum absolute atomic E-state index is 0.141. The van der Waals surface area contributed by atoms with Crippen molar-refractivity contribution in [2.45, 2.75) is 18.9 Å². The highest BCUT2D eigenvalue weighted by Gasteiger charge is 2.13. The Morgan fingerprint density at radius 2 is 2.20 bits per heavy atom. The molecule has 1 aromatic rings. The number of rotatable bonds is 6. The molecule has 1 saturated heterocycles. The molecule has 0 saturated carbocycles. The van der Waals surface area contributed by atoms with Crippen LogP contribution in [0, 0.1) is 13.7 Å². The lowest BCUT2D eigenvalue weighted by molar-refractivity contribution is -0.385. The van der Waals surface area contributed by atoms with E-state index in [1.807, 2.05) is 22.6 Å². The van der Waals surface area contributed by atoms with Crippen LogP contribution in [0.15, 0.2) is 18.2 Å². The topological polar surface area (TPSA) is 76.4 Å². The maximum absolute atomic E-state index is 10.7. The Morgan fingerprint density at radius 3 is 2.85 bits per heavy atom. The predicted octanol–water partition coefficient (Wildman–Crippen LogP) is 2.38. The van der Waals surface area contributed by atoms with Gasteiger partial charge < -0.3 is 15.4 Å². The molecule has 0 aromatic heterocycles. The number of piperidine rings is 1. The molecule has 110 valence electrons. The van der Waals surface area contributed by atoms with Crippen LogP contribution in [0.5, 0.6) is 0 Å². The average molecular weight is 391 g/mol. The normalized spacial score (nSPS) is 16.1. The molecule has 1 aromatic carbocycles. The summed E-state index contributed by atoms with van der Waals surface area (Å²) in [4.78, 5) is 10.4. The first-order valence-electron chi connectivity index (χ1n) is 6.67. The number of benzene rings is 1. The van der Waals surface area contributed by atoms with Gasteiger partial charge in [-0.05, 0) is 60.7 Å². The van der Waals surface area contributed by atoms with Gasteiger partial charge in [-0.25, -0.2) is 0 Å². The van der Waals surface area contributed by atoms with E-state index in [1.165, 1.54) is 6.07 Å². The molecule has 1 heterocycles. The first kappa shape index (κ1) is 15.5. The number of nitro benzene ring substituents is 1. The minimum Gasteiger partial charge on any atom is -0.383 e. The van der Waals surface area contributed by atoms with Crippen LogP contribution in [0.4, 0.5) is 11.4 Å². The summed E-state index contributed by atoms with van der Waals surface area (Å²) in [6.07, 6.45) is 2.49. The van der Waals surface area contributed by atoms with E-state index in [2.05, 4.69) is 10.6 Å². The smallest absolute Gasteiger partial charge is 0.282 e. The standard InChI is InChI=1S/C13H18IN3O3/c14-12-9-10(1-2-13(12)17(18)19)16-7-8-20-11-3-5-15-6-4-11/h1-2,9,11,15-16H,3-8H2. The number of nitrogens with zero attached hydrogens (tertiary/aromatic N) is 1. The molecule has 0 amide bonds.